The molecule has 0 bridgehead atoms. The molecule has 1 aliphatic rings. The molecule has 116 valence electrons. The van der Waals surface area contributed by atoms with Gasteiger partial charge in [-0.3, -0.25) is 0 Å². The fraction of sp³-hybridized carbons (Fsp3) is 0.462. The molecule has 4 nitrogen and oxygen atoms in total. The van der Waals surface area contributed by atoms with E-state index in [9.17, 15) is 18.3 Å². The molecular formula is C13H14F3IN2O2. The van der Waals surface area contributed by atoms with Crippen molar-refractivity contribution in [1.82, 2.24) is 0 Å². The lowest BCUT2D eigenvalue weighted by atomic mass is 9.96. The van der Waals surface area contributed by atoms with Crippen LogP contribution in [-0.4, -0.2) is 29.3 Å². The van der Waals surface area contributed by atoms with Crippen LogP contribution in [0.4, 0.5) is 18.9 Å². The molecule has 21 heavy (non-hydrogen) atoms. The smallest absolute Gasteiger partial charge is 0.371 e. The molecule has 8 heteroatoms. The first kappa shape index (κ1) is 16.5. The van der Waals surface area contributed by atoms with Gasteiger partial charge in [0.25, 0.3) is 0 Å². The summed E-state index contributed by atoms with van der Waals surface area (Å²) in [5.74, 6) is -1.26. The highest BCUT2D eigenvalue weighted by Gasteiger charge is 2.52. The van der Waals surface area contributed by atoms with Gasteiger partial charge in [0.05, 0.1) is 17.7 Å². The van der Waals surface area contributed by atoms with Crippen LogP contribution in [0.1, 0.15) is 12.5 Å². The Bertz CT molecular complexity index is 533. The lowest BCUT2D eigenvalue weighted by Crippen LogP contribution is -2.42. The van der Waals surface area contributed by atoms with E-state index < -0.39 is 30.1 Å². The van der Waals surface area contributed by atoms with E-state index in [-0.39, 0.29) is 0 Å². The minimum absolute atomic E-state index is 0.401. The summed E-state index contributed by atoms with van der Waals surface area (Å²) in [5, 5.41) is 14.8. The van der Waals surface area contributed by atoms with E-state index in [1.54, 1.807) is 24.3 Å². The van der Waals surface area contributed by atoms with E-state index >= 15 is 0 Å². The van der Waals surface area contributed by atoms with Gasteiger partial charge in [0.15, 0.2) is 11.9 Å². The molecule has 0 saturated heterocycles. The van der Waals surface area contributed by atoms with Crippen molar-refractivity contribution >= 4 is 34.4 Å². The number of hydrazone groups is 1. The van der Waals surface area contributed by atoms with Gasteiger partial charge in [0.2, 0.25) is 0 Å². The Labute approximate surface area is 134 Å². The van der Waals surface area contributed by atoms with Gasteiger partial charge in [-0.15, -0.1) is 0 Å². The molecule has 1 aliphatic heterocycles. The van der Waals surface area contributed by atoms with Gasteiger partial charge in [0.1, 0.15) is 23.0 Å². The number of anilines is 1. The van der Waals surface area contributed by atoms with E-state index in [1.165, 1.54) is 29.9 Å². The van der Waals surface area contributed by atoms with Crippen LogP contribution in [0, 0.1) is 12.8 Å². The normalized spacial score (nSPS) is 24.1. The summed E-state index contributed by atoms with van der Waals surface area (Å²) in [6.45, 7) is 3.34. The molecule has 0 saturated carbocycles. The van der Waals surface area contributed by atoms with Crippen molar-refractivity contribution in [3.05, 3.63) is 29.8 Å². The van der Waals surface area contributed by atoms with E-state index in [1.807, 2.05) is 6.92 Å². The molecular weight excluding hydrogens is 400 g/mol. The third-order valence-electron chi connectivity index (χ3n) is 3.34. The topological polar surface area (TPSA) is 45.1 Å². The third kappa shape index (κ3) is 3.32. The molecule has 0 aromatic heterocycles. The molecule has 0 fully saturated rings. The molecule has 2 rings (SSSR count). The standard InChI is InChI=1S/C13H14F3IN2O2/c1-7-3-5-9(6-4-7)19-12(20)10(8(2)21-17)11(18-19)13(14,15)16/h3-6,8,10,12,20H,1-2H3. The Morgan fingerprint density at radius 1 is 1.33 bits per heavy atom. The van der Waals surface area contributed by atoms with Crippen molar-refractivity contribution in [2.24, 2.45) is 11.0 Å². The average Bonchev–Trinajstić information content (AvgIpc) is 2.76. The molecule has 0 radical (unpaired) electrons. The number of aliphatic hydroxyl groups is 1. The second kappa shape index (κ2) is 6.09. The van der Waals surface area contributed by atoms with E-state index in [2.05, 4.69) is 5.10 Å². The van der Waals surface area contributed by atoms with Crippen LogP contribution < -0.4 is 5.01 Å². The van der Waals surface area contributed by atoms with Crippen molar-refractivity contribution in [2.45, 2.75) is 32.4 Å². The molecule has 1 heterocycles. The van der Waals surface area contributed by atoms with Crippen LogP contribution in [0.5, 0.6) is 0 Å². The summed E-state index contributed by atoms with van der Waals surface area (Å²) < 4.78 is 44.3. The second-order valence-electron chi connectivity index (χ2n) is 4.90. The zero-order valence-electron chi connectivity index (χ0n) is 11.3. The lowest BCUT2D eigenvalue weighted by Gasteiger charge is -2.26. The first-order chi connectivity index (χ1) is 9.75. The van der Waals surface area contributed by atoms with Gasteiger partial charge in [-0.05, 0) is 26.0 Å². The van der Waals surface area contributed by atoms with Crippen molar-refractivity contribution < 1.29 is 21.3 Å². The summed E-state index contributed by atoms with van der Waals surface area (Å²) in [6, 6.07) is 6.73. The molecule has 0 aliphatic carbocycles. The predicted molar refractivity (Wildman–Crippen MR) is 81.2 cm³/mol. The van der Waals surface area contributed by atoms with E-state index in [0.717, 1.165) is 10.6 Å². The number of hydrogen-bond donors (Lipinski definition) is 1. The third-order valence-corrected chi connectivity index (χ3v) is 4.14. The number of aryl methyl sites for hydroxylation is 1. The van der Waals surface area contributed by atoms with Crippen LogP contribution in [0.3, 0.4) is 0 Å². The van der Waals surface area contributed by atoms with Crippen molar-refractivity contribution in [3.8, 4) is 0 Å². The van der Waals surface area contributed by atoms with Crippen LogP contribution in [-0.2, 0) is 3.07 Å². The first-order valence-corrected chi connectivity index (χ1v) is 7.11. The van der Waals surface area contributed by atoms with Crippen molar-refractivity contribution in [2.75, 3.05) is 5.01 Å². The minimum Gasteiger partial charge on any atom is -0.371 e. The molecule has 1 aromatic carbocycles. The monoisotopic (exact) mass is 414 g/mol. The first-order valence-electron chi connectivity index (χ1n) is 6.22. The van der Waals surface area contributed by atoms with Gasteiger partial charge in [-0.1, -0.05) is 17.7 Å². The second-order valence-corrected chi connectivity index (χ2v) is 5.41. The molecule has 1 aromatic rings. The number of hydrogen-bond acceptors (Lipinski definition) is 4. The Morgan fingerprint density at radius 3 is 2.38 bits per heavy atom. The molecule has 3 unspecified atom stereocenters. The highest BCUT2D eigenvalue weighted by atomic mass is 127. The summed E-state index contributed by atoms with van der Waals surface area (Å²) in [4.78, 5) is 0. The maximum absolute atomic E-state index is 13.1. The largest absolute Gasteiger partial charge is 0.431 e. The van der Waals surface area contributed by atoms with Gasteiger partial charge in [-0.2, -0.15) is 18.3 Å². The number of halogens is 4. The zero-order valence-corrected chi connectivity index (χ0v) is 13.5. The maximum Gasteiger partial charge on any atom is 0.431 e. The zero-order chi connectivity index (χ0) is 15.8. The van der Waals surface area contributed by atoms with Crippen LogP contribution >= 0.6 is 23.0 Å². The summed E-state index contributed by atoms with van der Waals surface area (Å²) in [6.07, 6.45) is -6.86. The lowest BCUT2D eigenvalue weighted by molar-refractivity contribution is -0.0666. The number of rotatable bonds is 3. The number of aliphatic hydroxyl groups excluding tert-OH is 1. The fourth-order valence-electron chi connectivity index (χ4n) is 2.21. The quantitative estimate of drug-likeness (QED) is 0.772. The van der Waals surface area contributed by atoms with Crippen molar-refractivity contribution in [1.29, 1.82) is 0 Å². The highest BCUT2D eigenvalue weighted by molar-refractivity contribution is 14.1. The summed E-state index contributed by atoms with van der Waals surface area (Å²) in [5.41, 5.74) is 0.339. The summed E-state index contributed by atoms with van der Waals surface area (Å²) in [7, 11) is 0. The SMILES string of the molecule is Cc1ccc(N2N=C(C(F)(F)F)C(C(C)OI)C2O)cc1. The summed E-state index contributed by atoms with van der Waals surface area (Å²) >= 11 is 1.53. The van der Waals surface area contributed by atoms with Crippen molar-refractivity contribution in [3.63, 3.8) is 0 Å². The number of benzene rings is 1. The number of alkyl halides is 3. The van der Waals surface area contributed by atoms with Gasteiger partial charge in [0, 0.05) is 0 Å². The van der Waals surface area contributed by atoms with Crippen LogP contribution in [0.2, 0.25) is 0 Å². The fourth-order valence-corrected chi connectivity index (χ4v) is 2.53. The number of nitrogens with zero attached hydrogens (tertiary/aromatic N) is 2. The Kier molecular flexibility index (Phi) is 4.79. The van der Waals surface area contributed by atoms with E-state index in [4.69, 9.17) is 3.07 Å². The minimum atomic E-state index is -4.62. The molecule has 3 atom stereocenters. The maximum atomic E-state index is 13.1. The van der Waals surface area contributed by atoms with Crippen LogP contribution in [0.25, 0.3) is 0 Å². The highest BCUT2D eigenvalue weighted by Crippen LogP contribution is 2.36. The van der Waals surface area contributed by atoms with E-state index in [0.29, 0.717) is 5.69 Å². The Morgan fingerprint density at radius 2 is 1.90 bits per heavy atom. The van der Waals surface area contributed by atoms with Gasteiger partial charge in [-0.25, -0.2) is 5.01 Å². The molecule has 1 N–H and O–H groups in total. The molecule has 0 amide bonds. The average molecular weight is 414 g/mol. The van der Waals surface area contributed by atoms with Crippen LogP contribution in [0.15, 0.2) is 29.4 Å². The Hall–Kier alpha value is -0.870. The van der Waals surface area contributed by atoms with Gasteiger partial charge >= 0.3 is 6.18 Å². The predicted octanol–water partition coefficient (Wildman–Crippen LogP) is 3.42. The Balaban J connectivity index is 2.40. The van der Waals surface area contributed by atoms with Gasteiger partial charge < -0.3 is 8.17 Å². The molecule has 0 spiro atoms.